The van der Waals surface area contributed by atoms with Crippen molar-refractivity contribution in [3.63, 3.8) is 0 Å². The first kappa shape index (κ1) is 11.4. The second-order valence-electron chi connectivity index (χ2n) is 4.31. The summed E-state index contributed by atoms with van der Waals surface area (Å²) in [5, 5.41) is 3.30. The van der Waals surface area contributed by atoms with E-state index in [0.29, 0.717) is 5.69 Å². The van der Waals surface area contributed by atoms with Crippen LogP contribution in [0.4, 0.5) is 10.1 Å². The van der Waals surface area contributed by atoms with Crippen LogP contribution in [-0.4, -0.2) is 31.1 Å². The quantitative estimate of drug-likeness (QED) is 0.738. The fourth-order valence-corrected chi connectivity index (χ4v) is 2.03. The summed E-state index contributed by atoms with van der Waals surface area (Å²) in [6.45, 7) is 6.77. The van der Waals surface area contributed by atoms with E-state index < -0.39 is 0 Å². The molecule has 0 atom stereocenters. The van der Waals surface area contributed by atoms with Crippen LogP contribution in [0, 0.1) is 12.7 Å². The molecule has 3 nitrogen and oxygen atoms in total. The highest BCUT2D eigenvalue weighted by molar-refractivity contribution is 5.50. The molecule has 16 heavy (non-hydrogen) atoms. The lowest BCUT2D eigenvalue weighted by atomic mass is 10.1. The van der Waals surface area contributed by atoms with Crippen LogP contribution in [0.15, 0.2) is 12.1 Å². The molecule has 1 heterocycles. The number of nitrogens with zero attached hydrogens (tertiary/aromatic N) is 1. The second-order valence-corrected chi connectivity index (χ2v) is 4.31. The zero-order valence-corrected chi connectivity index (χ0v) is 9.59. The van der Waals surface area contributed by atoms with Gasteiger partial charge in [0, 0.05) is 38.4 Å². The van der Waals surface area contributed by atoms with Crippen molar-refractivity contribution in [2.75, 3.05) is 31.9 Å². The molecular weight excluding hydrogens is 205 g/mol. The van der Waals surface area contributed by atoms with Gasteiger partial charge >= 0.3 is 0 Å². The molecule has 1 saturated heterocycles. The average molecular weight is 223 g/mol. The number of halogens is 1. The number of piperazine rings is 1. The number of hydrogen-bond acceptors (Lipinski definition) is 3. The number of nitrogens with one attached hydrogen (secondary N) is 1. The Hall–Kier alpha value is -1.13. The number of nitrogens with two attached hydrogens (primary N) is 1. The molecule has 0 unspecified atom stereocenters. The van der Waals surface area contributed by atoms with Gasteiger partial charge in [-0.3, -0.25) is 4.90 Å². The average Bonchev–Trinajstić information content (AvgIpc) is 2.27. The third-order valence-corrected chi connectivity index (χ3v) is 3.12. The zero-order chi connectivity index (χ0) is 11.5. The highest BCUT2D eigenvalue weighted by Gasteiger charge is 2.12. The van der Waals surface area contributed by atoms with Gasteiger partial charge < -0.3 is 11.1 Å². The Morgan fingerprint density at radius 2 is 2.06 bits per heavy atom. The number of benzene rings is 1. The Kier molecular flexibility index (Phi) is 3.41. The minimum Gasteiger partial charge on any atom is -0.398 e. The molecule has 88 valence electrons. The monoisotopic (exact) mass is 223 g/mol. The number of nitrogen functional groups attached to an aromatic ring is 1. The van der Waals surface area contributed by atoms with Gasteiger partial charge in [0.25, 0.3) is 0 Å². The number of rotatable bonds is 2. The van der Waals surface area contributed by atoms with Crippen LogP contribution < -0.4 is 11.1 Å². The maximum Gasteiger partial charge on any atom is 0.125 e. The zero-order valence-electron chi connectivity index (χ0n) is 9.59. The van der Waals surface area contributed by atoms with Crippen LogP contribution in [0.2, 0.25) is 0 Å². The number of anilines is 1. The minimum atomic E-state index is -0.242. The van der Waals surface area contributed by atoms with Gasteiger partial charge in [0.15, 0.2) is 0 Å². The Morgan fingerprint density at radius 1 is 1.38 bits per heavy atom. The summed E-state index contributed by atoms with van der Waals surface area (Å²) in [4.78, 5) is 2.32. The largest absolute Gasteiger partial charge is 0.398 e. The van der Waals surface area contributed by atoms with Gasteiger partial charge in [-0.1, -0.05) is 0 Å². The van der Waals surface area contributed by atoms with Gasteiger partial charge in [-0.25, -0.2) is 4.39 Å². The summed E-state index contributed by atoms with van der Waals surface area (Å²) < 4.78 is 13.3. The van der Waals surface area contributed by atoms with Gasteiger partial charge in [0.2, 0.25) is 0 Å². The van der Waals surface area contributed by atoms with Crippen LogP contribution >= 0.6 is 0 Å². The fraction of sp³-hybridized carbons (Fsp3) is 0.500. The summed E-state index contributed by atoms with van der Waals surface area (Å²) in [6, 6.07) is 2.98. The van der Waals surface area contributed by atoms with E-state index in [9.17, 15) is 4.39 Å². The predicted octanol–water partition coefficient (Wildman–Crippen LogP) is 1.12. The highest BCUT2D eigenvalue weighted by Crippen LogP contribution is 2.19. The Labute approximate surface area is 95.4 Å². The topological polar surface area (TPSA) is 41.3 Å². The van der Waals surface area contributed by atoms with Crippen molar-refractivity contribution in [2.24, 2.45) is 0 Å². The van der Waals surface area contributed by atoms with Crippen molar-refractivity contribution in [1.29, 1.82) is 0 Å². The molecule has 3 N–H and O–H groups in total. The molecule has 1 aromatic carbocycles. The number of hydrogen-bond donors (Lipinski definition) is 2. The molecule has 4 heteroatoms. The van der Waals surface area contributed by atoms with E-state index in [4.69, 9.17) is 5.73 Å². The van der Waals surface area contributed by atoms with Crippen molar-refractivity contribution in [3.8, 4) is 0 Å². The van der Waals surface area contributed by atoms with Crippen LogP contribution in [-0.2, 0) is 6.54 Å². The lowest BCUT2D eigenvalue weighted by molar-refractivity contribution is 0.232. The molecule has 0 radical (unpaired) electrons. The first-order chi connectivity index (χ1) is 7.66. The van der Waals surface area contributed by atoms with Crippen molar-refractivity contribution in [2.45, 2.75) is 13.5 Å². The van der Waals surface area contributed by atoms with Crippen molar-refractivity contribution in [3.05, 3.63) is 29.1 Å². The standard InChI is InChI=1S/C12H18FN3/c1-9-10(6-11(13)7-12(9)14)8-16-4-2-15-3-5-16/h6-7,15H,2-5,8,14H2,1H3. The van der Waals surface area contributed by atoms with E-state index in [1.54, 1.807) is 6.07 Å². The highest BCUT2D eigenvalue weighted by atomic mass is 19.1. The fourth-order valence-electron chi connectivity index (χ4n) is 2.03. The third kappa shape index (κ3) is 2.51. The van der Waals surface area contributed by atoms with Crippen LogP contribution in [0.25, 0.3) is 0 Å². The molecule has 0 saturated carbocycles. The molecule has 1 fully saturated rings. The summed E-state index contributed by atoms with van der Waals surface area (Å²) in [6.07, 6.45) is 0. The second kappa shape index (κ2) is 4.80. The molecule has 0 aromatic heterocycles. The lowest BCUT2D eigenvalue weighted by Gasteiger charge is -2.27. The maximum atomic E-state index is 13.3. The Bertz CT molecular complexity index is 373. The van der Waals surface area contributed by atoms with E-state index in [-0.39, 0.29) is 5.82 Å². The van der Waals surface area contributed by atoms with Gasteiger partial charge in [-0.15, -0.1) is 0 Å². The van der Waals surface area contributed by atoms with E-state index in [0.717, 1.165) is 43.9 Å². The molecule has 0 amide bonds. The van der Waals surface area contributed by atoms with Crippen LogP contribution in [0.3, 0.4) is 0 Å². The van der Waals surface area contributed by atoms with Crippen molar-refractivity contribution in [1.82, 2.24) is 10.2 Å². The van der Waals surface area contributed by atoms with Crippen molar-refractivity contribution >= 4 is 5.69 Å². The predicted molar refractivity (Wildman–Crippen MR) is 63.7 cm³/mol. The van der Waals surface area contributed by atoms with E-state index >= 15 is 0 Å². The van der Waals surface area contributed by atoms with Gasteiger partial charge in [0.1, 0.15) is 5.82 Å². The molecule has 1 aliphatic rings. The maximum absolute atomic E-state index is 13.3. The lowest BCUT2D eigenvalue weighted by Crippen LogP contribution is -2.43. The Balaban J connectivity index is 2.13. The van der Waals surface area contributed by atoms with Crippen LogP contribution in [0.1, 0.15) is 11.1 Å². The smallest absolute Gasteiger partial charge is 0.125 e. The molecular formula is C12H18FN3. The first-order valence-electron chi connectivity index (χ1n) is 5.64. The first-order valence-corrected chi connectivity index (χ1v) is 5.64. The van der Waals surface area contributed by atoms with Crippen molar-refractivity contribution < 1.29 is 4.39 Å². The Morgan fingerprint density at radius 3 is 2.75 bits per heavy atom. The van der Waals surface area contributed by atoms with Gasteiger partial charge in [0.05, 0.1) is 0 Å². The van der Waals surface area contributed by atoms with Gasteiger partial charge in [-0.05, 0) is 30.2 Å². The van der Waals surface area contributed by atoms with E-state index in [2.05, 4.69) is 10.2 Å². The summed E-state index contributed by atoms with van der Waals surface area (Å²) in [5.41, 5.74) is 8.30. The molecule has 0 aliphatic carbocycles. The molecule has 1 aliphatic heterocycles. The minimum absolute atomic E-state index is 0.242. The van der Waals surface area contributed by atoms with E-state index in [1.807, 2.05) is 6.92 Å². The summed E-state index contributed by atoms with van der Waals surface area (Å²) in [5.74, 6) is -0.242. The third-order valence-electron chi connectivity index (χ3n) is 3.12. The van der Waals surface area contributed by atoms with Crippen LogP contribution in [0.5, 0.6) is 0 Å². The normalized spacial score (nSPS) is 17.6. The molecule has 2 rings (SSSR count). The molecule has 1 aromatic rings. The molecule has 0 bridgehead atoms. The van der Waals surface area contributed by atoms with E-state index in [1.165, 1.54) is 6.07 Å². The summed E-state index contributed by atoms with van der Waals surface area (Å²) >= 11 is 0. The molecule has 0 spiro atoms. The summed E-state index contributed by atoms with van der Waals surface area (Å²) in [7, 11) is 0. The van der Waals surface area contributed by atoms with Gasteiger partial charge in [-0.2, -0.15) is 0 Å². The SMILES string of the molecule is Cc1c(N)cc(F)cc1CN1CCNCC1.